The smallest absolute Gasteiger partial charge is 0.326 e. The van der Waals surface area contributed by atoms with E-state index in [1.54, 1.807) is 6.21 Å². The third-order valence-electron chi connectivity index (χ3n) is 3.89. The van der Waals surface area contributed by atoms with Crippen molar-refractivity contribution in [3.63, 3.8) is 0 Å². The Hall–Kier alpha value is -3.69. The Morgan fingerprint density at radius 3 is 2.48 bits per heavy atom. The van der Waals surface area contributed by atoms with Crippen LogP contribution in [0.5, 0.6) is 0 Å². The van der Waals surface area contributed by atoms with E-state index in [1.165, 1.54) is 0 Å². The van der Waals surface area contributed by atoms with Crippen molar-refractivity contribution in [1.82, 2.24) is 10.7 Å². The summed E-state index contributed by atoms with van der Waals surface area (Å²) in [7, 11) is 0. The highest BCUT2D eigenvalue weighted by Crippen LogP contribution is 2.29. The minimum Gasteiger partial charge on any atom is -0.326 e. The molecule has 7 nitrogen and oxygen atoms in total. The fraction of sp³-hybridized carbons (Fsp3) is 0.158. The van der Waals surface area contributed by atoms with Crippen molar-refractivity contribution >= 4 is 29.7 Å². The summed E-state index contributed by atoms with van der Waals surface area (Å²) in [5.41, 5.74) is 2.80. The zero-order valence-electron chi connectivity index (χ0n) is 14.9. The minimum atomic E-state index is -4.45. The Bertz CT molecular complexity index is 941. The van der Waals surface area contributed by atoms with Crippen LogP contribution in [0.1, 0.15) is 17.5 Å². The second kappa shape index (κ2) is 8.55. The average molecular weight is 403 g/mol. The van der Waals surface area contributed by atoms with Gasteiger partial charge in [0.15, 0.2) is 0 Å². The molecule has 0 fully saturated rings. The average Bonchev–Trinajstić information content (AvgIpc) is 3.01. The van der Waals surface area contributed by atoms with Crippen molar-refractivity contribution < 1.29 is 22.8 Å². The van der Waals surface area contributed by atoms with Crippen molar-refractivity contribution in [2.45, 2.75) is 18.6 Å². The van der Waals surface area contributed by atoms with E-state index in [0.29, 0.717) is 0 Å². The topological polar surface area (TPSA) is 94.9 Å². The van der Waals surface area contributed by atoms with Gasteiger partial charge in [0.1, 0.15) is 6.04 Å². The zero-order valence-corrected chi connectivity index (χ0v) is 14.9. The molecule has 0 saturated heterocycles. The molecule has 0 aromatic heterocycles. The van der Waals surface area contributed by atoms with Crippen molar-refractivity contribution in [3.05, 3.63) is 65.7 Å². The van der Waals surface area contributed by atoms with Crippen LogP contribution < -0.4 is 16.1 Å². The summed E-state index contributed by atoms with van der Waals surface area (Å²) in [6.07, 6.45) is -3.18. The van der Waals surface area contributed by atoms with Crippen LogP contribution in [0.3, 0.4) is 0 Å². The largest absolute Gasteiger partial charge is 0.416 e. The first-order valence-corrected chi connectivity index (χ1v) is 8.51. The van der Waals surface area contributed by atoms with Crippen LogP contribution >= 0.6 is 0 Å². The molecule has 2 aromatic carbocycles. The number of carbonyl (C=O) groups excluding carboxylic acids is 2. The van der Waals surface area contributed by atoms with Crippen LogP contribution in [-0.2, 0) is 15.8 Å². The molecule has 0 saturated carbocycles. The number of hydrogen-bond donors (Lipinski definition) is 3. The zero-order chi connectivity index (χ0) is 20.9. The highest BCUT2D eigenvalue weighted by Gasteiger charge is 2.30. The SMILES string of the molecule is O=C(CC1N=C(N/N=C/c2ccccc2)NC1=O)Nc1ccc(C(F)(F)F)cc1. The lowest BCUT2D eigenvalue weighted by Gasteiger charge is -2.09. The number of aliphatic imine (C=N–C) groups is 1. The first-order chi connectivity index (χ1) is 13.8. The van der Waals surface area contributed by atoms with Gasteiger partial charge in [0.2, 0.25) is 11.9 Å². The highest BCUT2D eigenvalue weighted by molar-refractivity contribution is 6.07. The first-order valence-electron chi connectivity index (χ1n) is 8.51. The second-order valence-corrected chi connectivity index (χ2v) is 6.09. The van der Waals surface area contributed by atoms with E-state index < -0.39 is 29.6 Å². The van der Waals surface area contributed by atoms with E-state index in [1.807, 2.05) is 30.3 Å². The van der Waals surface area contributed by atoms with Gasteiger partial charge >= 0.3 is 6.18 Å². The maximum Gasteiger partial charge on any atom is 0.416 e. The number of halogens is 3. The van der Waals surface area contributed by atoms with E-state index in [4.69, 9.17) is 0 Å². The lowest BCUT2D eigenvalue weighted by molar-refractivity contribution is -0.137. The molecule has 0 aliphatic carbocycles. The third-order valence-corrected chi connectivity index (χ3v) is 3.89. The fourth-order valence-corrected chi connectivity index (χ4v) is 2.48. The van der Waals surface area contributed by atoms with Crippen LogP contribution in [0.15, 0.2) is 64.7 Å². The number of hydrazone groups is 1. The molecule has 1 aliphatic heterocycles. The van der Waals surface area contributed by atoms with Crippen LogP contribution in [0.2, 0.25) is 0 Å². The Morgan fingerprint density at radius 2 is 1.83 bits per heavy atom. The van der Waals surface area contributed by atoms with Gasteiger partial charge in [-0.25, -0.2) is 10.4 Å². The maximum absolute atomic E-state index is 12.6. The molecule has 0 spiro atoms. The van der Waals surface area contributed by atoms with E-state index in [0.717, 1.165) is 29.8 Å². The minimum absolute atomic E-state index is 0.106. The van der Waals surface area contributed by atoms with E-state index >= 15 is 0 Å². The molecule has 3 N–H and O–H groups in total. The standard InChI is InChI=1S/C19H16F3N5O2/c20-19(21,22)13-6-8-14(9-7-13)24-16(28)10-15-17(29)26-18(25-15)27-23-11-12-4-2-1-3-5-12/h1-9,11,15H,10H2,(H,24,28)(H2,25,26,27,29)/b23-11+. The number of amides is 2. The van der Waals surface area contributed by atoms with Crippen molar-refractivity contribution in [1.29, 1.82) is 0 Å². The first kappa shape index (κ1) is 20.1. The molecule has 1 unspecified atom stereocenters. The van der Waals surface area contributed by atoms with Gasteiger partial charge in [0, 0.05) is 5.69 Å². The van der Waals surface area contributed by atoms with Crippen LogP contribution in [0, 0.1) is 0 Å². The number of hydrogen-bond acceptors (Lipinski definition) is 5. The van der Waals surface area contributed by atoms with E-state index in [-0.39, 0.29) is 18.1 Å². The van der Waals surface area contributed by atoms with Crippen LogP contribution in [0.25, 0.3) is 0 Å². The summed E-state index contributed by atoms with van der Waals surface area (Å²) in [5.74, 6) is -0.929. The quantitative estimate of drug-likeness (QED) is 0.529. The molecule has 2 amide bonds. The number of rotatable bonds is 5. The number of alkyl halides is 3. The number of benzene rings is 2. The highest BCUT2D eigenvalue weighted by atomic mass is 19.4. The number of anilines is 1. The molecule has 2 aromatic rings. The molecule has 10 heteroatoms. The third kappa shape index (κ3) is 5.64. The normalized spacial score (nSPS) is 16.4. The summed E-state index contributed by atoms with van der Waals surface area (Å²) < 4.78 is 37.7. The van der Waals surface area contributed by atoms with Gasteiger partial charge in [-0.1, -0.05) is 30.3 Å². The molecule has 1 atom stereocenters. The lowest BCUT2D eigenvalue weighted by Crippen LogP contribution is -2.35. The molecule has 0 bridgehead atoms. The molecule has 3 rings (SSSR count). The molecule has 1 aliphatic rings. The monoisotopic (exact) mass is 403 g/mol. The van der Waals surface area contributed by atoms with E-state index in [9.17, 15) is 22.8 Å². The fourth-order valence-electron chi connectivity index (χ4n) is 2.48. The lowest BCUT2D eigenvalue weighted by atomic mass is 10.1. The Balaban J connectivity index is 1.53. The Labute approximate surface area is 163 Å². The number of nitrogens with one attached hydrogen (secondary N) is 3. The number of guanidine groups is 1. The predicted octanol–water partition coefficient (Wildman–Crippen LogP) is 2.51. The van der Waals surface area contributed by atoms with Crippen molar-refractivity contribution in [2.24, 2.45) is 10.1 Å². The van der Waals surface area contributed by atoms with Gasteiger partial charge in [-0.2, -0.15) is 18.3 Å². The van der Waals surface area contributed by atoms with Gasteiger partial charge in [0.25, 0.3) is 5.91 Å². The Morgan fingerprint density at radius 1 is 1.14 bits per heavy atom. The molecule has 1 heterocycles. The second-order valence-electron chi connectivity index (χ2n) is 6.09. The predicted molar refractivity (Wildman–Crippen MR) is 101 cm³/mol. The Kier molecular flexibility index (Phi) is 5.91. The van der Waals surface area contributed by atoms with Gasteiger partial charge in [-0.05, 0) is 29.8 Å². The molecule has 29 heavy (non-hydrogen) atoms. The molecular weight excluding hydrogens is 387 g/mol. The summed E-state index contributed by atoms with van der Waals surface area (Å²) in [6, 6.07) is 12.3. The summed E-state index contributed by atoms with van der Waals surface area (Å²) in [4.78, 5) is 28.1. The molecule has 0 radical (unpaired) electrons. The van der Waals surface area contributed by atoms with E-state index in [2.05, 4.69) is 26.2 Å². The van der Waals surface area contributed by atoms with Crippen LogP contribution in [0.4, 0.5) is 18.9 Å². The number of carbonyl (C=O) groups is 2. The van der Waals surface area contributed by atoms with Gasteiger partial charge in [-0.15, -0.1) is 0 Å². The van der Waals surface area contributed by atoms with Gasteiger partial charge in [0.05, 0.1) is 18.2 Å². The van der Waals surface area contributed by atoms with Gasteiger partial charge in [-0.3, -0.25) is 14.9 Å². The summed E-state index contributed by atoms with van der Waals surface area (Å²) in [5, 5.41) is 8.86. The summed E-state index contributed by atoms with van der Waals surface area (Å²) >= 11 is 0. The maximum atomic E-state index is 12.6. The van der Waals surface area contributed by atoms with Crippen molar-refractivity contribution in [3.8, 4) is 0 Å². The van der Waals surface area contributed by atoms with Gasteiger partial charge < -0.3 is 5.32 Å². The van der Waals surface area contributed by atoms with Crippen LogP contribution in [-0.4, -0.2) is 30.0 Å². The summed E-state index contributed by atoms with van der Waals surface area (Å²) in [6.45, 7) is 0. The number of nitrogens with zero attached hydrogens (tertiary/aromatic N) is 2. The molecular formula is C19H16F3N5O2. The molecule has 150 valence electrons. The van der Waals surface area contributed by atoms with Crippen molar-refractivity contribution in [2.75, 3.05) is 5.32 Å².